The zero-order chi connectivity index (χ0) is 27.1. The van der Waals surface area contributed by atoms with Crippen LogP contribution in [0.2, 0.25) is 0 Å². The Morgan fingerprint density at radius 2 is 1.74 bits per heavy atom. The molecule has 2 aromatic carbocycles. The molecule has 1 fully saturated rings. The van der Waals surface area contributed by atoms with E-state index >= 15 is 0 Å². The van der Waals surface area contributed by atoms with Crippen LogP contribution in [0.1, 0.15) is 20.8 Å². The molecule has 208 valence electrons. The number of halogens is 3. The molecule has 1 saturated heterocycles. The molecule has 2 aromatic heterocycles. The van der Waals surface area contributed by atoms with Crippen molar-refractivity contribution in [2.24, 2.45) is 0 Å². The fraction of sp³-hybridized carbons (Fsp3) is 0.308. The van der Waals surface area contributed by atoms with Crippen molar-refractivity contribution in [3.8, 4) is 5.69 Å². The van der Waals surface area contributed by atoms with Crippen LogP contribution in [0, 0.1) is 11.6 Å². The van der Waals surface area contributed by atoms with Gasteiger partial charge < -0.3 is 20.1 Å². The Morgan fingerprint density at radius 3 is 2.44 bits per heavy atom. The highest BCUT2D eigenvalue weighted by Crippen LogP contribution is 2.28. The zero-order valence-electron chi connectivity index (χ0n) is 21.7. The molecule has 1 aliphatic rings. The van der Waals surface area contributed by atoms with E-state index in [0.717, 1.165) is 31.6 Å². The molecule has 4 aromatic rings. The Balaban J connectivity index is 0.00000353. The van der Waals surface area contributed by atoms with E-state index in [-0.39, 0.29) is 29.9 Å². The molecule has 0 unspecified atom stereocenters. The molecular weight excluding hydrogens is 548 g/mol. The van der Waals surface area contributed by atoms with E-state index in [1.54, 1.807) is 35.2 Å². The predicted octanol–water partition coefficient (Wildman–Crippen LogP) is 4.81. The predicted molar refractivity (Wildman–Crippen MR) is 153 cm³/mol. The monoisotopic (exact) mass is 577 g/mol. The minimum atomic E-state index is -3.83. The summed E-state index contributed by atoms with van der Waals surface area (Å²) in [5.74, 6) is -0.776. The minimum Gasteiger partial charge on any atom is -0.367 e. The third kappa shape index (κ3) is 5.92. The summed E-state index contributed by atoms with van der Waals surface area (Å²) < 4.78 is 57.5. The first-order chi connectivity index (χ1) is 18.0. The SMILES string of the molecule is CC(C)(C)S(=O)(=O)Nc1cc(-n2ccc3cnc(Nc4ccc(N5CCNCC5)c(F)c4)nc32)ccc1F.Cl. The topological polar surface area (TPSA) is 104 Å². The molecule has 39 heavy (non-hydrogen) atoms. The smallest absolute Gasteiger partial charge is 0.237 e. The lowest BCUT2D eigenvalue weighted by atomic mass is 10.2. The van der Waals surface area contributed by atoms with Gasteiger partial charge in [-0.05, 0) is 63.2 Å². The van der Waals surface area contributed by atoms with Crippen LogP contribution in [-0.2, 0) is 10.0 Å². The molecule has 5 rings (SSSR count). The molecule has 1 aliphatic heterocycles. The van der Waals surface area contributed by atoms with Gasteiger partial charge in [0.25, 0.3) is 0 Å². The molecule has 0 saturated carbocycles. The number of nitrogens with one attached hydrogen (secondary N) is 3. The van der Waals surface area contributed by atoms with E-state index in [4.69, 9.17) is 0 Å². The summed E-state index contributed by atoms with van der Waals surface area (Å²) in [6.07, 6.45) is 3.36. The van der Waals surface area contributed by atoms with E-state index in [2.05, 4.69) is 25.3 Å². The summed E-state index contributed by atoms with van der Waals surface area (Å²) in [4.78, 5) is 10.9. The van der Waals surface area contributed by atoms with Crippen LogP contribution in [0.4, 0.5) is 31.8 Å². The van der Waals surface area contributed by atoms with Crippen molar-refractivity contribution in [2.45, 2.75) is 25.5 Å². The number of sulfonamides is 1. The molecule has 0 radical (unpaired) electrons. The van der Waals surface area contributed by atoms with Gasteiger partial charge in [-0.1, -0.05) is 0 Å². The number of fused-ring (bicyclic) bond motifs is 1. The Bertz CT molecular complexity index is 1600. The van der Waals surface area contributed by atoms with Crippen molar-refractivity contribution in [1.82, 2.24) is 19.9 Å². The van der Waals surface area contributed by atoms with Gasteiger partial charge in [0.2, 0.25) is 16.0 Å². The standard InChI is InChI=1S/C26H29F2N7O2S.ClH/c1-26(2,3)38(36,37)33-22-15-19(5-6-20(22)27)35-11-8-17-16-30-25(32-24(17)35)31-18-4-7-23(21(28)14-18)34-12-9-29-10-13-34;/h4-8,11,14-16,29,33H,9-10,12-13H2,1-3H3,(H,30,31,32);1H. The molecule has 3 N–H and O–H groups in total. The van der Waals surface area contributed by atoms with E-state index in [9.17, 15) is 17.2 Å². The lowest BCUT2D eigenvalue weighted by Gasteiger charge is -2.29. The van der Waals surface area contributed by atoms with Crippen molar-refractivity contribution >= 4 is 56.5 Å². The Labute approximate surface area is 232 Å². The summed E-state index contributed by atoms with van der Waals surface area (Å²) >= 11 is 0. The maximum absolute atomic E-state index is 14.9. The molecule has 0 spiro atoms. The lowest BCUT2D eigenvalue weighted by molar-refractivity contribution is 0.564. The van der Waals surface area contributed by atoms with Crippen molar-refractivity contribution in [2.75, 3.05) is 41.1 Å². The number of rotatable bonds is 6. The van der Waals surface area contributed by atoms with E-state index in [1.165, 1.54) is 45.0 Å². The molecule has 0 aliphatic carbocycles. The number of benzene rings is 2. The fourth-order valence-corrected chi connectivity index (χ4v) is 4.85. The second-order valence-electron chi connectivity index (χ2n) is 10.1. The third-order valence-corrected chi connectivity index (χ3v) is 8.47. The first kappa shape index (κ1) is 28.5. The minimum absolute atomic E-state index is 0. The summed E-state index contributed by atoms with van der Waals surface area (Å²) in [5.41, 5.74) is 1.91. The summed E-state index contributed by atoms with van der Waals surface area (Å²) in [6.45, 7) is 7.70. The second kappa shape index (κ2) is 10.9. The number of nitrogens with zero attached hydrogens (tertiary/aromatic N) is 4. The number of aromatic nitrogens is 3. The largest absolute Gasteiger partial charge is 0.367 e. The van der Waals surface area contributed by atoms with Crippen molar-refractivity contribution in [1.29, 1.82) is 0 Å². The van der Waals surface area contributed by atoms with Crippen LogP contribution in [0.5, 0.6) is 0 Å². The van der Waals surface area contributed by atoms with Crippen LogP contribution in [0.3, 0.4) is 0 Å². The van der Waals surface area contributed by atoms with Crippen molar-refractivity contribution in [3.63, 3.8) is 0 Å². The number of hydrogen-bond acceptors (Lipinski definition) is 7. The second-order valence-corrected chi connectivity index (χ2v) is 12.5. The first-order valence-corrected chi connectivity index (χ1v) is 13.7. The van der Waals surface area contributed by atoms with Crippen LogP contribution in [0.15, 0.2) is 54.9 Å². The number of hydrogen-bond donors (Lipinski definition) is 3. The number of anilines is 4. The summed E-state index contributed by atoms with van der Waals surface area (Å²) in [6, 6.07) is 10.9. The fourth-order valence-electron chi connectivity index (χ4n) is 4.10. The van der Waals surface area contributed by atoms with Crippen LogP contribution >= 0.6 is 12.4 Å². The zero-order valence-corrected chi connectivity index (χ0v) is 23.3. The highest BCUT2D eigenvalue weighted by atomic mass is 35.5. The normalized spacial score (nSPS) is 14.2. The maximum atomic E-state index is 14.9. The third-order valence-electron chi connectivity index (χ3n) is 6.37. The van der Waals surface area contributed by atoms with E-state index in [1.807, 2.05) is 4.90 Å². The molecule has 0 atom stereocenters. The van der Waals surface area contributed by atoms with Gasteiger partial charge in [-0.2, -0.15) is 4.98 Å². The highest BCUT2D eigenvalue weighted by molar-refractivity contribution is 7.94. The molecule has 3 heterocycles. The lowest BCUT2D eigenvalue weighted by Crippen LogP contribution is -2.43. The van der Waals surface area contributed by atoms with E-state index in [0.29, 0.717) is 22.7 Å². The van der Waals surface area contributed by atoms with Gasteiger partial charge in [-0.3, -0.25) is 4.72 Å². The average Bonchev–Trinajstić information content (AvgIpc) is 3.28. The highest BCUT2D eigenvalue weighted by Gasteiger charge is 2.30. The number of piperazine rings is 1. The van der Waals surface area contributed by atoms with Gasteiger partial charge in [0, 0.05) is 55.3 Å². The molecular formula is C26H30ClF2N7O2S. The van der Waals surface area contributed by atoms with E-state index < -0.39 is 20.6 Å². The molecule has 13 heteroatoms. The maximum Gasteiger partial charge on any atom is 0.237 e. The Hall–Kier alpha value is -3.48. The quantitative estimate of drug-likeness (QED) is 0.302. The van der Waals surface area contributed by atoms with Gasteiger partial charge in [0.1, 0.15) is 17.3 Å². The van der Waals surface area contributed by atoms with Gasteiger partial charge in [-0.15, -0.1) is 12.4 Å². The van der Waals surface area contributed by atoms with Gasteiger partial charge in [0.15, 0.2) is 0 Å². The molecule has 9 nitrogen and oxygen atoms in total. The van der Waals surface area contributed by atoms with Gasteiger partial charge >= 0.3 is 0 Å². The van der Waals surface area contributed by atoms with Crippen molar-refractivity contribution < 1.29 is 17.2 Å². The average molecular weight is 578 g/mol. The van der Waals surface area contributed by atoms with Gasteiger partial charge in [-0.25, -0.2) is 22.2 Å². The van der Waals surface area contributed by atoms with Gasteiger partial charge in [0.05, 0.1) is 16.1 Å². The molecule has 0 bridgehead atoms. The first-order valence-electron chi connectivity index (χ1n) is 12.2. The van der Waals surface area contributed by atoms with Crippen LogP contribution in [-0.4, -0.2) is 53.9 Å². The molecule has 0 amide bonds. The van der Waals surface area contributed by atoms with Crippen LogP contribution in [0.25, 0.3) is 16.7 Å². The Morgan fingerprint density at radius 1 is 1.00 bits per heavy atom. The Kier molecular flexibility index (Phi) is 8.01. The van der Waals surface area contributed by atoms with Crippen molar-refractivity contribution in [3.05, 3.63) is 66.5 Å². The van der Waals surface area contributed by atoms with Crippen LogP contribution < -0.4 is 20.3 Å². The summed E-state index contributed by atoms with van der Waals surface area (Å²) in [7, 11) is -3.83. The summed E-state index contributed by atoms with van der Waals surface area (Å²) in [5, 5.41) is 7.02.